The van der Waals surface area contributed by atoms with Crippen molar-refractivity contribution in [3.8, 4) is 17.2 Å². The van der Waals surface area contributed by atoms with E-state index in [0.717, 1.165) is 60.6 Å². The van der Waals surface area contributed by atoms with Gasteiger partial charge in [-0.3, -0.25) is 4.98 Å². The summed E-state index contributed by atoms with van der Waals surface area (Å²) in [5.41, 5.74) is 6.52. The molecule has 0 amide bonds. The van der Waals surface area contributed by atoms with Crippen LogP contribution in [0.25, 0.3) is 0 Å². The van der Waals surface area contributed by atoms with E-state index in [-0.39, 0.29) is 17.7 Å². The molecular formula is C39H48N2O5. The standard InChI is InChI=1S/C39H48N2O5/c1-24-8-6-10-30(19-24)41-39(37(42)43-5)15-13-38(14-16-39)29(20-28-21-34-35(22-31(28)38)46-27(4)45-34)18-25(2)23-44-33-12-17-40-32-11-7-9-26(3)36(32)33/h6,8,10,12,17,19,21-22,25-27,29,41H,7,9,11,13-16,18,20,23H2,1-5H3/t25-,26-,27?,29+,38?,39?/m1/s1. The molecule has 1 unspecified atom stereocenters. The van der Waals surface area contributed by atoms with Gasteiger partial charge in [-0.25, -0.2) is 4.79 Å². The average Bonchev–Trinajstić information content (AvgIpc) is 3.54. The van der Waals surface area contributed by atoms with E-state index in [1.54, 1.807) is 0 Å². The molecule has 1 aliphatic heterocycles. The lowest BCUT2D eigenvalue weighted by molar-refractivity contribution is -0.148. The molecule has 0 saturated heterocycles. The minimum absolute atomic E-state index is 0.0655. The van der Waals surface area contributed by atoms with Crippen LogP contribution in [-0.4, -0.2) is 36.5 Å². The van der Waals surface area contributed by atoms with Gasteiger partial charge in [0.15, 0.2) is 11.5 Å². The first-order valence-electron chi connectivity index (χ1n) is 17.2. The van der Waals surface area contributed by atoms with Crippen LogP contribution in [0.3, 0.4) is 0 Å². The predicted molar refractivity (Wildman–Crippen MR) is 179 cm³/mol. The Labute approximate surface area is 273 Å². The Morgan fingerprint density at radius 1 is 1.09 bits per heavy atom. The molecule has 1 N–H and O–H groups in total. The molecule has 3 aliphatic carbocycles. The number of hydrogen-bond donors (Lipinski definition) is 1. The Morgan fingerprint density at radius 3 is 2.63 bits per heavy atom. The summed E-state index contributed by atoms with van der Waals surface area (Å²) in [6, 6.07) is 14.8. The Bertz CT molecular complexity index is 1610. The van der Waals surface area contributed by atoms with Gasteiger partial charge in [0.05, 0.1) is 13.7 Å². The molecule has 0 bridgehead atoms. The molecule has 0 radical (unpaired) electrons. The van der Waals surface area contributed by atoms with Crippen molar-refractivity contribution in [1.29, 1.82) is 0 Å². The van der Waals surface area contributed by atoms with Gasteiger partial charge < -0.3 is 24.3 Å². The first-order chi connectivity index (χ1) is 22.2. The first kappa shape index (κ1) is 30.9. The molecule has 7 nitrogen and oxygen atoms in total. The number of hydrogen-bond acceptors (Lipinski definition) is 7. The number of benzene rings is 2. The number of anilines is 1. The van der Waals surface area contributed by atoms with Gasteiger partial charge in [0, 0.05) is 30.1 Å². The first-order valence-corrected chi connectivity index (χ1v) is 17.2. The quantitative estimate of drug-likeness (QED) is 0.254. The summed E-state index contributed by atoms with van der Waals surface area (Å²) >= 11 is 0. The molecule has 7 heteroatoms. The van der Waals surface area contributed by atoms with Crippen molar-refractivity contribution >= 4 is 11.7 Å². The molecule has 1 spiro atoms. The Hall–Kier alpha value is -3.74. The maximum Gasteiger partial charge on any atom is 0.331 e. The molecular weight excluding hydrogens is 576 g/mol. The number of fused-ring (bicyclic) bond motifs is 4. The number of nitrogens with one attached hydrogen (secondary N) is 1. The van der Waals surface area contributed by atoms with Crippen molar-refractivity contribution in [2.75, 3.05) is 19.0 Å². The molecule has 1 fully saturated rings. The highest BCUT2D eigenvalue weighted by Gasteiger charge is 2.55. The lowest BCUT2D eigenvalue weighted by Crippen LogP contribution is -2.53. The lowest BCUT2D eigenvalue weighted by atomic mass is 9.59. The van der Waals surface area contributed by atoms with E-state index < -0.39 is 5.54 Å². The van der Waals surface area contributed by atoms with Gasteiger partial charge in [0.25, 0.3) is 0 Å². The van der Waals surface area contributed by atoms with Crippen LogP contribution in [0.4, 0.5) is 5.69 Å². The summed E-state index contributed by atoms with van der Waals surface area (Å²) < 4.78 is 24.1. The Balaban J connectivity index is 1.15. The van der Waals surface area contributed by atoms with Gasteiger partial charge in [-0.15, -0.1) is 0 Å². The van der Waals surface area contributed by atoms with Crippen LogP contribution >= 0.6 is 0 Å². The van der Waals surface area contributed by atoms with Gasteiger partial charge in [-0.1, -0.05) is 26.0 Å². The van der Waals surface area contributed by atoms with E-state index in [4.69, 9.17) is 18.9 Å². The van der Waals surface area contributed by atoms with Crippen LogP contribution in [0.5, 0.6) is 17.2 Å². The smallest absolute Gasteiger partial charge is 0.331 e. The zero-order chi connectivity index (χ0) is 32.1. The highest BCUT2D eigenvalue weighted by molar-refractivity contribution is 5.85. The van der Waals surface area contributed by atoms with E-state index in [2.05, 4.69) is 61.4 Å². The van der Waals surface area contributed by atoms with Crippen molar-refractivity contribution in [2.24, 2.45) is 11.8 Å². The number of carbonyl (C=O) groups is 1. The monoisotopic (exact) mass is 624 g/mol. The zero-order valence-electron chi connectivity index (χ0n) is 28.0. The number of ether oxygens (including phenoxy) is 4. The second kappa shape index (κ2) is 12.1. The van der Waals surface area contributed by atoms with Crippen molar-refractivity contribution in [3.63, 3.8) is 0 Å². The highest BCUT2D eigenvalue weighted by Crippen LogP contribution is 2.58. The summed E-state index contributed by atoms with van der Waals surface area (Å²) in [5, 5.41) is 3.64. The fourth-order valence-corrected chi connectivity index (χ4v) is 9.02. The maximum absolute atomic E-state index is 13.5. The number of rotatable bonds is 8. The van der Waals surface area contributed by atoms with Gasteiger partial charge in [0.1, 0.15) is 11.3 Å². The van der Waals surface area contributed by atoms with Crippen molar-refractivity contribution in [3.05, 3.63) is 76.6 Å². The predicted octanol–water partition coefficient (Wildman–Crippen LogP) is 8.06. The van der Waals surface area contributed by atoms with E-state index >= 15 is 0 Å². The number of nitrogens with zero attached hydrogens (tertiary/aromatic N) is 1. The second-order valence-electron chi connectivity index (χ2n) is 14.5. The molecule has 46 heavy (non-hydrogen) atoms. The Kier molecular flexibility index (Phi) is 8.14. The SMILES string of the molecule is COC(=O)C1(Nc2cccc(C)c2)CCC2(CC1)c1cc3c(cc1C[C@@H]2C[C@@H](C)COc1ccnc2c1[C@H](C)CCC2)OC(C)O3. The van der Waals surface area contributed by atoms with Crippen molar-refractivity contribution < 1.29 is 23.7 Å². The van der Waals surface area contributed by atoms with Crippen LogP contribution in [0.1, 0.15) is 99.6 Å². The minimum atomic E-state index is -0.766. The number of pyridine rings is 1. The summed E-state index contributed by atoms with van der Waals surface area (Å²) in [7, 11) is 1.50. The molecule has 2 heterocycles. The van der Waals surface area contributed by atoms with Crippen molar-refractivity contribution in [2.45, 2.75) is 109 Å². The third-order valence-electron chi connectivity index (χ3n) is 11.3. The summed E-state index contributed by atoms with van der Waals surface area (Å²) in [5.74, 6) is 3.76. The lowest BCUT2D eigenvalue weighted by Gasteiger charge is -2.47. The number of aromatic nitrogens is 1. The van der Waals surface area contributed by atoms with E-state index in [9.17, 15) is 4.79 Å². The highest BCUT2D eigenvalue weighted by atomic mass is 16.7. The molecule has 1 saturated carbocycles. The maximum atomic E-state index is 13.5. The van der Waals surface area contributed by atoms with Gasteiger partial charge in [-0.2, -0.15) is 0 Å². The minimum Gasteiger partial charge on any atom is -0.493 e. The second-order valence-corrected chi connectivity index (χ2v) is 14.5. The van der Waals surface area contributed by atoms with Crippen LogP contribution < -0.4 is 19.5 Å². The van der Waals surface area contributed by atoms with E-state index in [1.807, 2.05) is 25.3 Å². The van der Waals surface area contributed by atoms with Gasteiger partial charge in [0.2, 0.25) is 6.29 Å². The summed E-state index contributed by atoms with van der Waals surface area (Å²) in [6.45, 7) is 9.31. The van der Waals surface area contributed by atoms with E-state index in [1.165, 1.54) is 42.3 Å². The van der Waals surface area contributed by atoms with E-state index in [0.29, 0.717) is 37.2 Å². The van der Waals surface area contributed by atoms with Crippen LogP contribution in [0, 0.1) is 18.8 Å². The molecule has 1 aromatic heterocycles. The Morgan fingerprint density at radius 2 is 1.87 bits per heavy atom. The molecule has 4 atom stereocenters. The van der Waals surface area contributed by atoms with Crippen LogP contribution in [-0.2, 0) is 27.8 Å². The topological polar surface area (TPSA) is 78.9 Å². The summed E-state index contributed by atoms with van der Waals surface area (Å²) in [6.07, 6.45) is 10.2. The molecule has 4 aliphatic rings. The molecule has 3 aromatic rings. The molecule has 244 valence electrons. The average molecular weight is 625 g/mol. The van der Waals surface area contributed by atoms with Gasteiger partial charge >= 0.3 is 5.97 Å². The zero-order valence-corrected chi connectivity index (χ0v) is 28.0. The molecule has 7 rings (SSSR count). The number of aryl methyl sites for hydroxylation is 2. The fourth-order valence-electron chi connectivity index (χ4n) is 9.02. The van der Waals surface area contributed by atoms with Crippen molar-refractivity contribution in [1.82, 2.24) is 4.98 Å². The third kappa shape index (κ3) is 5.50. The number of methoxy groups -OCH3 is 1. The number of carbonyl (C=O) groups excluding carboxylic acids is 1. The fraction of sp³-hybridized carbons (Fsp3) is 0.538. The van der Waals surface area contributed by atoms with Crippen LogP contribution in [0.15, 0.2) is 48.7 Å². The normalized spacial score (nSPS) is 28.3. The van der Waals surface area contributed by atoms with Crippen LogP contribution in [0.2, 0.25) is 0 Å². The third-order valence-corrected chi connectivity index (χ3v) is 11.3. The molecule has 2 aromatic carbocycles. The van der Waals surface area contributed by atoms with Gasteiger partial charge in [-0.05, 0) is 135 Å². The largest absolute Gasteiger partial charge is 0.493 e. The number of esters is 1. The summed E-state index contributed by atoms with van der Waals surface area (Å²) in [4.78, 5) is 18.2.